The van der Waals surface area contributed by atoms with Gasteiger partial charge in [-0.05, 0) is 19.8 Å². The van der Waals surface area contributed by atoms with Crippen molar-refractivity contribution in [2.75, 3.05) is 18.0 Å². The Morgan fingerprint density at radius 3 is 3.14 bits per heavy atom. The molecular weight excluding hydrogens is 310 g/mol. The molecule has 0 unspecified atom stereocenters. The molecular formula is C12H15N5O2S2. The van der Waals surface area contributed by atoms with E-state index < -0.39 is 0 Å². The molecule has 1 saturated heterocycles. The van der Waals surface area contributed by atoms with Crippen LogP contribution in [0.2, 0.25) is 0 Å². The van der Waals surface area contributed by atoms with Crippen LogP contribution < -0.4 is 5.73 Å². The van der Waals surface area contributed by atoms with Gasteiger partial charge in [-0.3, -0.25) is 4.79 Å². The maximum Gasteiger partial charge on any atom is 0.233 e. The van der Waals surface area contributed by atoms with Gasteiger partial charge in [0.15, 0.2) is 10.1 Å². The van der Waals surface area contributed by atoms with E-state index in [4.69, 9.17) is 10.3 Å². The second-order valence-corrected chi connectivity index (χ2v) is 7.04. The molecule has 1 atom stereocenters. The Bertz CT molecular complexity index is 641. The van der Waals surface area contributed by atoms with E-state index in [1.807, 2.05) is 17.9 Å². The maximum absolute atomic E-state index is 12.4. The first-order chi connectivity index (χ1) is 10.1. The summed E-state index contributed by atoms with van der Waals surface area (Å²) in [6.45, 7) is 2.63. The second-order valence-electron chi connectivity index (χ2n) is 4.81. The first-order valence-electron chi connectivity index (χ1n) is 6.58. The Labute approximate surface area is 129 Å². The monoisotopic (exact) mass is 325 g/mol. The fourth-order valence-corrected chi connectivity index (χ4v) is 3.91. The molecule has 1 fully saturated rings. The minimum Gasteiger partial charge on any atom is -0.374 e. The van der Waals surface area contributed by atoms with Gasteiger partial charge in [0.05, 0.1) is 17.5 Å². The quantitative estimate of drug-likeness (QED) is 0.857. The van der Waals surface area contributed by atoms with E-state index in [2.05, 4.69) is 15.4 Å². The van der Waals surface area contributed by atoms with Crippen LogP contribution in [0.1, 0.15) is 30.3 Å². The summed E-state index contributed by atoms with van der Waals surface area (Å²) in [4.78, 5) is 14.2. The SMILES string of the molecule is Cc1cc([C@H]2CCCN2C(=O)CSc2nnc(N)s2)on1. The summed E-state index contributed by atoms with van der Waals surface area (Å²) in [5, 5.41) is 12.0. The maximum atomic E-state index is 12.4. The fraction of sp³-hybridized carbons (Fsp3) is 0.500. The van der Waals surface area contributed by atoms with Crippen molar-refractivity contribution in [3.05, 3.63) is 17.5 Å². The molecule has 1 aliphatic rings. The van der Waals surface area contributed by atoms with Crippen molar-refractivity contribution >= 4 is 34.1 Å². The highest BCUT2D eigenvalue weighted by atomic mass is 32.2. The topological polar surface area (TPSA) is 98.1 Å². The summed E-state index contributed by atoms with van der Waals surface area (Å²) in [6.07, 6.45) is 1.89. The third-order valence-corrected chi connectivity index (χ3v) is 5.16. The van der Waals surface area contributed by atoms with Gasteiger partial charge in [-0.2, -0.15) is 0 Å². The molecule has 1 amide bonds. The number of amides is 1. The summed E-state index contributed by atoms with van der Waals surface area (Å²) in [6, 6.07) is 1.90. The average Bonchev–Trinajstić information content (AvgIpc) is 3.16. The van der Waals surface area contributed by atoms with Gasteiger partial charge < -0.3 is 15.2 Å². The van der Waals surface area contributed by atoms with Crippen molar-refractivity contribution in [3.63, 3.8) is 0 Å². The van der Waals surface area contributed by atoms with E-state index in [0.29, 0.717) is 15.2 Å². The summed E-state index contributed by atoms with van der Waals surface area (Å²) < 4.78 is 6.02. The molecule has 3 rings (SSSR count). The van der Waals surface area contributed by atoms with E-state index in [1.165, 1.54) is 23.1 Å². The van der Waals surface area contributed by atoms with Crippen LogP contribution in [-0.4, -0.2) is 38.5 Å². The third kappa shape index (κ3) is 3.18. The second kappa shape index (κ2) is 6.02. The Balaban J connectivity index is 1.63. The molecule has 2 aromatic rings. The number of nitrogen functional groups attached to an aromatic ring is 1. The number of carbonyl (C=O) groups is 1. The molecule has 0 spiro atoms. The van der Waals surface area contributed by atoms with Crippen LogP contribution >= 0.6 is 23.1 Å². The standard InChI is InChI=1S/C12H15N5O2S2/c1-7-5-9(19-16-7)8-3-2-4-17(8)10(18)6-20-12-15-14-11(13)21-12/h5,8H,2-4,6H2,1H3,(H2,13,14)/t8-/m1/s1. The smallest absolute Gasteiger partial charge is 0.233 e. The lowest BCUT2D eigenvalue weighted by molar-refractivity contribution is -0.129. The number of anilines is 1. The largest absolute Gasteiger partial charge is 0.374 e. The molecule has 0 radical (unpaired) electrons. The van der Waals surface area contributed by atoms with Crippen molar-refractivity contribution in [1.29, 1.82) is 0 Å². The number of aryl methyl sites for hydroxylation is 1. The summed E-state index contributed by atoms with van der Waals surface area (Å²) in [5.41, 5.74) is 6.36. The molecule has 0 saturated carbocycles. The number of nitrogens with two attached hydrogens (primary N) is 1. The highest BCUT2D eigenvalue weighted by Gasteiger charge is 2.32. The van der Waals surface area contributed by atoms with E-state index in [9.17, 15) is 4.79 Å². The van der Waals surface area contributed by atoms with Crippen molar-refractivity contribution in [3.8, 4) is 0 Å². The highest BCUT2D eigenvalue weighted by Crippen LogP contribution is 2.33. The molecule has 0 aromatic carbocycles. The Kier molecular flexibility index (Phi) is 4.11. The zero-order chi connectivity index (χ0) is 14.8. The Morgan fingerprint density at radius 2 is 2.48 bits per heavy atom. The van der Waals surface area contributed by atoms with Crippen LogP contribution in [0.15, 0.2) is 14.9 Å². The zero-order valence-electron chi connectivity index (χ0n) is 11.5. The van der Waals surface area contributed by atoms with Crippen LogP contribution in [0.3, 0.4) is 0 Å². The van der Waals surface area contributed by atoms with Crippen molar-refractivity contribution in [2.24, 2.45) is 0 Å². The number of rotatable bonds is 4. The van der Waals surface area contributed by atoms with E-state index in [1.54, 1.807) is 0 Å². The van der Waals surface area contributed by atoms with Crippen LogP contribution in [-0.2, 0) is 4.79 Å². The molecule has 7 nitrogen and oxygen atoms in total. The normalized spacial score (nSPS) is 18.3. The molecule has 3 heterocycles. The zero-order valence-corrected chi connectivity index (χ0v) is 13.1. The van der Waals surface area contributed by atoms with E-state index in [0.717, 1.165) is 30.8 Å². The predicted octanol–water partition coefficient (Wildman–Crippen LogP) is 1.87. The fourth-order valence-electron chi connectivity index (χ4n) is 2.39. The van der Waals surface area contributed by atoms with Gasteiger partial charge in [0, 0.05) is 12.6 Å². The molecule has 1 aliphatic heterocycles. The van der Waals surface area contributed by atoms with Crippen LogP contribution in [0.5, 0.6) is 0 Å². The number of carbonyl (C=O) groups excluding carboxylic acids is 1. The first-order valence-corrected chi connectivity index (χ1v) is 8.38. The minimum atomic E-state index is -0.00112. The summed E-state index contributed by atoms with van der Waals surface area (Å²) in [7, 11) is 0. The summed E-state index contributed by atoms with van der Waals surface area (Å²) >= 11 is 2.66. The predicted molar refractivity (Wildman–Crippen MR) is 80.0 cm³/mol. The highest BCUT2D eigenvalue weighted by molar-refractivity contribution is 8.01. The Hall–Kier alpha value is -1.61. The average molecular weight is 325 g/mol. The van der Waals surface area contributed by atoms with Crippen molar-refractivity contribution in [1.82, 2.24) is 20.3 Å². The molecule has 0 bridgehead atoms. The van der Waals surface area contributed by atoms with E-state index in [-0.39, 0.29) is 11.9 Å². The minimum absolute atomic E-state index is 0.00112. The molecule has 9 heteroatoms. The van der Waals surface area contributed by atoms with Gasteiger partial charge in [-0.1, -0.05) is 28.3 Å². The van der Waals surface area contributed by atoms with Gasteiger partial charge in [0.25, 0.3) is 0 Å². The van der Waals surface area contributed by atoms with Crippen LogP contribution in [0, 0.1) is 6.92 Å². The molecule has 0 aliphatic carbocycles. The number of hydrogen-bond donors (Lipinski definition) is 1. The number of hydrogen-bond acceptors (Lipinski definition) is 8. The van der Waals surface area contributed by atoms with Gasteiger partial charge in [-0.15, -0.1) is 10.2 Å². The van der Waals surface area contributed by atoms with Gasteiger partial charge in [0.2, 0.25) is 11.0 Å². The lowest BCUT2D eigenvalue weighted by Gasteiger charge is -2.22. The van der Waals surface area contributed by atoms with Crippen molar-refractivity contribution in [2.45, 2.75) is 30.1 Å². The van der Waals surface area contributed by atoms with Crippen LogP contribution in [0.25, 0.3) is 0 Å². The number of nitrogens with zero attached hydrogens (tertiary/aromatic N) is 4. The molecule has 21 heavy (non-hydrogen) atoms. The van der Waals surface area contributed by atoms with Crippen LogP contribution in [0.4, 0.5) is 5.13 Å². The molecule has 112 valence electrons. The number of aromatic nitrogens is 3. The first kappa shape index (κ1) is 14.3. The lowest BCUT2D eigenvalue weighted by Crippen LogP contribution is -2.31. The Morgan fingerprint density at radius 1 is 1.62 bits per heavy atom. The van der Waals surface area contributed by atoms with Gasteiger partial charge >= 0.3 is 0 Å². The molecule has 2 N–H and O–H groups in total. The van der Waals surface area contributed by atoms with E-state index >= 15 is 0 Å². The number of thioether (sulfide) groups is 1. The van der Waals surface area contributed by atoms with Crippen molar-refractivity contribution < 1.29 is 9.32 Å². The number of likely N-dealkylation sites (tertiary alicyclic amines) is 1. The summed E-state index contributed by atoms with van der Waals surface area (Å²) in [5.74, 6) is 1.17. The van der Waals surface area contributed by atoms with Gasteiger partial charge in [0.1, 0.15) is 0 Å². The third-order valence-electron chi connectivity index (χ3n) is 3.29. The lowest BCUT2D eigenvalue weighted by atomic mass is 10.1. The molecule has 2 aromatic heterocycles. The van der Waals surface area contributed by atoms with Gasteiger partial charge in [-0.25, -0.2) is 0 Å².